The van der Waals surface area contributed by atoms with Crippen LogP contribution in [0.3, 0.4) is 0 Å². The van der Waals surface area contributed by atoms with Crippen LogP contribution in [0.25, 0.3) is 0 Å². The Balaban J connectivity index is 1.62. The van der Waals surface area contributed by atoms with E-state index in [0.29, 0.717) is 6.42 Å². The SMILES string of the molecule is C[C@@H]1C[C@@H](Nc2ccccc2)c2ccccc2N1C(=O)Cc1ccccc1. The van der Waals surface area contributed by atoms with Crippen molar-refractivity contribution >= 4 is 17.3 Å². The molecule has 0 saturated carbocycles. The smallest absolute Gasteiger partial charge is 0.231 e. The predicted octanol–water partition coefficient (Wildman–Crippen LogP) is 5.21. The molecule has 1 amide bonds. The summed E-state index contributed by atoms with van der Waals surface area (Å²) in [6.45, 7) is 2.14. The molecule has 0 fully saturated rings. The van der Waals surface area contributed by atoms with E-state index in [1.165, 1.54) is 5.56 Å². The third-order valence-electron chi connectivity index (χ3n) is 5.17. The molecule has 136 valence electrons. The minimum atomic E-state index is 0.136. The number of amides is 1. The first-order valence-corrected chi connectivity index (χ1v) is 9.49. The van der Waals surface area contributed by atoms with Gasteiger partial charge in [0.25, 0.3) is 0 Å². The Bertz CT molecular complexity index is 908. The maximum atomic E-state index is 13.1. The predicted molar refractivity (Wildman–Crippen MR) is 111 cm³/mol. The van der Waals surface area contributed by atoms with Crippen LogP contribution in [0.1, 0.15) is 30.5 Å². The number of carbonyl (C=O) groups is 1. The summed E-state index contributed by atoms with van der Waals surface area (Å²) in [7, 11) is 0. The number of hydrogen-bond donors (Lipinski definition) is 1. The summed E-state index contributed by atoms with van der Waals surface area (Å²) < 4.78 is 0. The first kappa shape index (κ1) is 17.3. The fourth-order valence-electron chi connectivity index (χ4n) is 3.92. The van der Waals surface area contributed by atoms with E-state index in [0.717, 1.165) is 23.4 Å². The van der Waals surface area contributed by atoms with Gasteiger partial charge in [0.15, 0.2) is 0 Å². The molecule has 0 spiro atoms. The van der Waals surface area contributed by atoms with Crippen LogP contribution in [0.2, 0.25) is 0 Å². The van der Waals surface area contributed by atoms with E-state index in [9.17, 15) is 4.79 Å². The molecule has 3 aromatic carbocycles. The second-order valence-corrected chi connectivity index (χ2v) is 7.13. The molecule has 3 aromatic rings. The molecular weight excluding hydrogens is 332 g/mol. The van der Waals surface area contributed by atoms with Crippen LogP contribution in [-0.4, -0.2) is 11.9 Å². The van der Waals surface area contributed by atoms with E-state index in [4.69, 9.17) is 0 Å². The second kappa shape index (κ2) is 7.67. The molecule has 0 radical (unpaired) electrons. The van der Waals surface area contributed by atoms with Crippen molar-refractivity contribution in [3.8, 4) is 0 Å². The van der Waals surface area contributed by atoms with Crippen LogP contribution < -0.4 is 10.2 Å². The third kappa shape index (κ3) is 3.72. The number of carbonyl (C=O) groups excluding carboxylic acids is 1. The Morgan fingerprint density at radius 3 is 2.30 bits per heavy atom. The molecule has 2 atom stereocenters. The number of nitrogens with one attached hydrogen (secondary N) is 1. The molecule has 3 nitrogen and oxygen atoms in total. The Kier molecular flexibility index (Phi) is 4.93. The van der Waals surface area contributed by atoms with Gasteiger partial charge in [-0.05, 0) is 42.7 Å². The van der Waals surface area contributed by atoms with Crippen LogP contribution in [0.5, 0.6) is 0 Å². The number of anilines is 2. The fraction of sp³-hybridized carbons (Fsp3) is 0.208. The number of fused-ring (bicyclic) bond motifs is 1. The number of nitrogens with zero attached hydrogens (tertiary/aromatic N) is 1. The van der Waals surface area contributed by atoms with Crippen molar-refractivity contribution in [2.45, 2.75) is 31.8 Å². The van der Waals surface area contributed by atoms with Crippen LogP contribution in [0, 0.1) is 0 Å². The van der Waals surface area contributed by atoms with Gasteiger partial charge >= 0.3 is 0 Å². The summed E-state index contributed by atoms with van der Waals surface area (Å²) >= 11 is 0. The number of hydrogen-bond acceptors (Lipinski definition) is 2. The lowest BCUT2D eigenvalue weighted by atomic mass is 9.91. The van der Waals surface area contributed by atoms with Gasteiger partial charge < -0.3 is 10.2 Å². The molecule has 4 rings (SSSR count). The van der Waals surface area contributed by atoms with E-state index >= 15 is 0 Å². The monoisotopic (exact) mass is 356 g/mol. The van der Waals surface area contributed by atoms with Gasteiger partial charge in [-0.1, -0.05) is 66.7 Å². The van der Waals surface area contributed by atoms with E-state index in [1.54, 1.807) is 0 Å². The van der Waals surface area contributed by atoms with E-state index < -0.39 is 0 Å². The lowest BCUT2D eigenvalue weighted by Gasteiger charge is -2.40. The van der Waals surface area contributed by atoms with Gasteiger partial charge in [0, 0.05) is 17.4 Å². The molecular formula is C24H24N2O. The Labute approximate surface area is 160 Å². The topological polar surface area (TPSA) is 32.3 Å². The van der Waals surface area contributed by atoms with Crippen LogP contribution in [0.4, 0.5) is 11.4 Å². The van der Waals surface area contributed by atoms with Gasteiger partial charge in [-0.15, -0.1) is 0 Å². The van der Waals surface area contributed by atoms with Crippen LogP contribution in [0.15, 0.2) is 84.9 Å². The highest BCUT2D eigenvalue weighted by molar-refractivity contribution is 5.96. The van der Waals surface area contributed by atoms with Gasteiger partial charge in [-0.3, -0.25) is 4.79 Å². The molecule has 0 bridgehead atoms. The molecule has 1 heterocycles. The molecule has 3 heteroatoms. The van der Waals surface area contributed by atoms with Crippen molar-refractivity contribution < 1.29 is 4.79 Å². The van der Waals surface area contributed by atoms with Crippen LogP contribution >= 0.6 is 0 Å². The first-order valence-electron chi connectivity index (χ1n) is 9.49. The fourth-order valence-corrected chi connectivity index (χ4v) is 3.92. The number of benzene rings is 3. The van der Waals surface area contributed by atoms with Gasteiger partial charge in [-0.2, -0.15) is 0 Å². The molecule has 1 N–H and O–H groups in total. The average Bonchev–Trinajstić information content (AvgIpc) is 2.69. The average molecular weight is 356 g/mol. The summed E-state index contributed by atoms with van der Waals surface area (Å²) in [5, 5.41) is 3.64. The summed E-state index contributed by atoms with van der Waals surface area (Å²) in [5.41, 5.74) is 4.36. The summed E-state index contributed by atoms with van der Waals surface area (Å²) in [4.78, 5) is 15.1. The minimum Gasteiger partial charge on any atom is -0.378 e. The van der Waals surface area contributed by atoms with Crippen molar-refractivity contribution in [1.29, 1.82) is 0 Å². The summed E-state index contributed by atoms with van der Waals surface area (Å²) in [6.07, 6.45) is 1.31. The van der Waals surface area contributed by atoms with E-state index in [1.807, 2.05) is 65.6 Å². The molecule has 1 aliphatic heterocycles. The van der Waals surface area contributed by atoms with Crippen molar-refractivity contribution in [2.24, 2.45) is 0 Å². The van der Waals surface area contributed by atoms with Crippen molar-refractivity contribution in [3.63, 3.8) is 0 Å². The van der Waals surface area contributed by atoms with Gasteiger partial charge in [-0.25, -0.2) is 0 Å². The molecule has 0 saturated heterocycles. The third-order valence-corrected chi connectivity index (χ3v) is 5.17. The van der Waals surface area contributed by atoms with Gasteiger partial charge in [0.2, 0.25) is 5.91 Å². The van der Waals surface area contributed by atoms with Crippen molar-refractivity contribution in [2.75, 3.05) is 10.2 Å². The van der Waals surface area contributed by atoms with Gasteiger partial charge in [0.05, 0.1) is 12.5 Å². The summed E-state index contributed by atoms with van der Waals surface area (Å²) in [6, 6.07) is 28.8. The molecule has 1 aliphatic rings. The molecule has 0 unspecified atom stereocenters. The standard InChI is InChI=1S/C24H24N2O/c1-18-16-22(25-20-12-6-3-7-13-20)21-14-8-9-15-23(21)26(18)24(27)17-19-10-4-2-5-11-19/h2-15,18,22,25H,16-17H2,1H3/t18-,22-/m1/s1. The Morgan fingerprint density at radius 2 is 1.56 bits per heavy atom. The highest BCUT2D eigenvalue weighted by Gasteiger charge is 2.33. The zero-order chi connectivity index (χ0) is 18.6. The normalized spacial score (nSPS) is 18.6. The second-order valence-electron chi connectivity index (χ2n) is 7.13. The number of rotatable bonds is 4. The number of para-hydroxylation sites is 2. The molecule has 27 heavy (non-hydrogen) atoms. The molecule has 0 aliphatic carbocycles. The van der Waals surface area contributed by atoms with Crippen molar-refractivity contribution in [3.05, 3.63) is 96.1 Å². The maximum absolute atomic E-state index is 13.1. The highest BCUT2D eigenvalue weighted by Crippen LogP contribution is 2.39. The Hall–Kier alpha value is -3.07. The molecule has 0 aromatic heterocycles. The zero-order valence-corrected chi connectivity index (χ0v) is 15.5. The van der Waals surface area contributed by atoms with Crippen molar-refractivity contribution in [1.82, 2.24) is 0 Å². The highest BCUT2D eigenvalue weighted by atomic mass is 16.2. The van der Waals surface area contributed by atoms with Gasteiger partial charge in [0.1, 0.15) is 0 Å². The lowest BCUT2D eigenvalue weighted by molar-refractivity contribution is -0.118. The maximum Gasteiger partial charge on any atom is 0.231 e. The van der Waals surface area contributed by atoms with E-state index in [2.05, 4.69) is 36.5 Å². The van der Waals surface area contributed by atoms with Crippen LogP contribution in [-0.2, 0) is 11.2 Å². The lowest BCUT2D eigenvalue weighted by Crippen LogP contribution is -2.45. The zero-order valence-electron chi connectivity index (χ0n) is 15.5. The largest absolute Gasteiger partial charge is 0.378 e. The first-order chi connectivity index (χ1) is 13.2. The minimum absolute atomic E-state index is 0.136. The quantitative estimate of drug-likeness (QED) is 0.696. The Morgan fingerprint density at radius 1 is 0.926 bits per heavy atom. The van der Waals surface area contributed by atoms with E-state index in [-0.39, 0.29) is 18.0 Å². The summed E-state index contributed by atoms with van der Waals surface area (Å²) in [5.74, 6) is 0.152.